The average molecular weight is 442 g/mol. The van der Waals surface area contributed by atoms with Gasteiger partial charge in [-0.1, -0.05) is 56.8 Å². The Morgan fingerprint density at radius 3 is 2.22 bits per heavy atom. The molecular weight excluding hydrogens is 406 g/mol. The number of nitrogens with one attached hydrogen (secondary N) is 2. The Morgan fingerprint density at radius 1 is 1.03 bits per heavy atom. The minimum Gasteiger partial charge on any atom is -0.359 e. The van der Waals surface area contributed by atoms with Crippen LogP contribution in [0.2, 0.25) is 0 Å². The molecule has 3 heterocycles. The molecule has 5 atom stereocenters. The van der Waals surface area contributed by atoms with Crippen molar-refractivity contribution in [2.75, 3.05) is 6.54 Å². The second-order valence-corrected chi connectivity index (χ2v) is 10.2. The van der Waals surface area contributed by atoms with Crippen LogP contribution in [-0.4, -0.2) is 59.0 Å². The molecule has 7 nitrogen and oxygen atoms in total. The molecule has 3 amide bonds. The molecule has 5 aliphatic rings. The summed E-state index contributed by atoms with van der Waals surface area (Å²) >= 11 is 0. The molecule has 2 N–H and O–H groups in total. The maximum atomic E-state index is 13.6. The van der Waals surface area contributed by atoms with E-state index in [-0.39, 0.29) is 36.3 Å². The smallest absolute Gasteiger partial charge is 0.246 e. The van der Waals surface area contributed by atoms with Crippen molar-refractivity contribution in [1.82, 2.24) is 15.5 Å². The second-order valence-electron chi connectivity index (χ2n) is 10.2. The van der Waals surface area contributed by atoms with Crippen molar-refractivity contribution in [3.05, 3.63) is 24.8 Å². The maximum Gasteiger partial charge on any atom is 0.246 e. The molecule has 0 radical (unpaired) electrons. The lowest BCUT2D eigenvalue weighted by Gasteiger charge is -2.33. The molecule has 2 aliphatic carbocycles. The summed E-state index contributed by atoms with van der Waals surface area (Å²) in [5, 5.41) is 6.38. The first-order valence-corrected chi connectivity index (χ1v) is 12.4. The van der Waals surface area contributed by atoms with Gasteiger partial charge in [-0.05, 0) is 25.7 Å². The summed E-state index contributed by atoms with van der Waals surface area (Å²) in [6.07, 6.45) is 15.7. The third-order valence-electron chi connectivity index (χ3n) is 8.15. The first kappa shape index (κ1) is 21.7. The van der Waals surface area contributed by atoms with E-state index in [0.717, 1.165) is 51.4 Å². The number of carbonyl (C=O) groups excluding carboxylic acids is 3. The van der Waals surface area contributed by atoms with Crippen molar-refractivity contribution in [2.45, 2.75) is 94.0 Å². The Kier molecular flexibility index (Phi) is 5.86. The van der Waals surface area contributed by atoms with Gasteiger partial charge in [0.2, 0.25) is 17.7 Å². The normalized spacial score (nSPS) is 36.9. The summed E-state index contributed by atoms with van der Waals surface area (Å²) in [5.41, 5.74) is -1.07. The topological polar surface area (TPSA) is 87.7 Å². The Hall–Kier alpha value is -2.15. The van der Waals surface area contributed by atoms with E-state index in [4.69, 9.17) is 4.74 Å². The molecular formula is C25H35N3O4. The number of amides is 3. The van der Waals surface area contributed by atoms with E-state index in [1.165, 1.54) is 12.8 Å². The lowest BCUT2D eigenvalue weighted by atomic mass is 9.74. The predicted octanol–water partition coefficient (Wildman–Crippen LogP) is 2.22. The van der Waals surface area contributed by atoms with Crippen molar-refractivity contribution in [3.63, 3.8) is 0 Å². The highest BCUT2D eigenvalue weighted by Gasteiger charge is 2.72. The van der Waals surface area contributed by atoms with Gasteiger partial charge in [-0.15, -0.1) is 6.58 Å². The molecule has 1 spiro atoms. The number of nitrogens with zero attached hydrogens (tertiary/aromatic N) is 1. The molecule has 32 heavy (non-hydrogen) atoms. The Bertz CT molecular complexity index is 814. The molecule has 4 fully saturated rings. The van der Waals surface area contributed by atoms with Crippen LogP contribution in [0.4, 0.5) is 0 Å². The lowest BCUT2D eigenvalue weighted by Crippen LogP contribution is -2.56. The summed E-state index contributed by atoms with van der Waals surface area (Å²) in [6.45, 7) is 4.05. The largest absolute Gasteiger partial charge is 0.359 e. The fourth-order valence-corrected chi connectivity index (χ4v) is 6.67. The number of carbonyl (C=O) groups is 3. The predicted molar refractivity (Wildman–Crippen MR) is 119 cm³/mol. The van der Waals surface area contributed by atoms with Gasteiger partial charge < -0.3 is 20.3 Å². The van der Waals surface area contributed by atoms with Crippen molar-refractivity contribution in [2.24, 2.45) is 11.8 Å². The maximum absolute atomic E-state index is 13.6. The van der Waals surface area contributed by atoms with Crippen molar-refractivity contribution in [1.29, 1.82) is 0 Å². The number of hydrogen-bond donors (Lipinski definition) is 2. The van der Waals surface area contributed by atoms with Gasteiger partial charge in [-0.2, -0.15) is 0 Å². The first-order valence-electron chi connectivity index (χ1n) is 12.4. The SMILES string of the molecule is C=CCN1C(=O)C2C(C(=O)NC3CCCCC3)C3C=CC2(O3)C1C(=O)NC1CCCCC1. The first-order chi connectivity index (χ1) is 15.5. The fraction of sp³-hybridized carbons (Fsp3) is 0.720. The molecule has 2 saturated carbocycles. The minimum absolute atomic E-state index is 0.113. The van der Waals surface area contributed by atoms with Gasteiger partial charge in [-0.3, -0.25) is 14.4 Å². The van der Waals surface area contributed by atoms with Gasteiger partial charge in [0, 0.05) is 18.6 Å². The van der Waals surface area contributed by atoms with E-state index in [1.807, 2.05) is 12.2 Å². The lowest BCUT2D eigenvalue weighted by molar-refractivity contribution is -0.141. The number of likely N-dealkylation sites (tertiary alicyclic amines) is 1. The van der Waals surface area contributed by atoms with Crippen LogP contribution < -0.4 is 10.6 Å². The van der Waals surface area contributed by atoms with E-state index < -0.39 is 29.6 Å². The summed E-state index contributed by atoms with van der Waals surface area (Å²) < 4.78 is 6.35. The molecule has 5 rings (SSSR count). The minimum atomic E-state index is -1.07. The van der Waals surface area contributed by atoms with Gasteiger partial charge in [-0.25, -0.2) is 0 Å². The summed E-state index contributed by atoms with van der Waals surface area (Å²) in [7, 11) is 0. The van der Waals surface area contributed by atoms with Crippen LogP contribution in [0.5, 0.6) is 0 Å². The fourth-order valence-electron chi connectivity index (χ4n) is 6.67. The summed E-state index contributed by atoms with van der Waals surface area (Å²) in [6, 6.07) is -0.462. The standard InChI is InChI=1S/C25H35N3O4/c1-2-15-28-21(23(30)27-17-11-7-4-8-12-17)25-14-13-18(32-25)19(20(25)24(28)31)22(29)26-16-9-5-3-6-10-16/h2,13-14,16-21H,1,3-12,15H2,(H,26,29)(H,27,30). The van der Waals surface area contributed by atoms with Crippen LogP contribution >= 0.6 is 0 Å². The van der Waals surface area contributed by atoms with Crippen LogP contribution in [0, 0.1) is 11.8 Å². The molecule has 2 saturated heterocycles. The van der Waals surface area contributed by atoms with Crippen molar-refractivity contribution < 1.29 is 19.1 Å². The molecule has 7 heteroatoms. The van der Waals surface area contributed by atoms with Crippen LogP contribution in [0.1, 0.15) is 64.2 Å². The highest BCUT2D eigenvalue weighted by Crippen LogP contribution is 2.55. The second kappa shape index (κ2) is 8.65. The molecule has 5 unspecified atom stereocenters. The molecule has 0 aromatic carbocycles. The zero-order chi connectivity index (χ0) is 22.3. The van der Waals surface area contributed by atoms with Gasteiger partial charge in [0.15, 0.2) is 0 Å². The van der Waals surface area contributed by atoms with Crippen LogP contribution in [0.15, 0.2) is 24.8 Å². The molecule has 3 aliphatic heterocycles. The highest BCUT2D eigenvalue weighted by molar-refractivity contribution is 6.00. The molecule has 2 bridgehead atoms. The zero-order valence-corrected chi connectivity index (χ0v) is 18.8. The van der Waals surface area contributed by atoms with E-state index >= 15 is 0 Å². The monoisotopic (exact) mass is 441 g/mol. The Morgan fingerprint density at radius 2 is 1.62 bits per heavy atom. The van der Waals surface area contributed by atoms with Crippen LogP contribution in [0.25, 0.3) is 0 Å². The van der Waals surface area contributed by atoms with E-state index in [9.17, 15) is 14.4 Å². The molecule has 174 valence electrons. The summed E-state index contributed by atoms with van der Waals surface area (Å²) in [5.74, 6) is -1.71. The van der Waals surface area contributed by atoms with Crippen molar-refractivity contribution >= 4 is 17.7 Å². The van der Waals surface area contributed by atoms with Crippen molar-refractivity contribution in [3.8, 4) is 0 Å². The quantitative estimate of drug-likeness (QED) is 0.619. The third kappa shape index (κ3) is 3.49. The zero-order valence-electron chi connectivity index (χ0n) is 18.8. The van der Waals surface area contributed by atoms with Gasteiger partial charge in [0.25, 0.3) is 0 Å². The number of fused-ring (bicyclic) bond motifs is 1. The number of ether oxygens (including phenoxy) is 1. The Balaban J connectivity index is 1.39. The van der Waals surface area contributed by atoms with Gasteiger partial charge in [0.05, 0.1) is 17.9 Å². The molecule has 0 aromatic heterocycles. The Labute approximate surface area is 190 Å². The number of rotatable bonds is 6. The van der Waals surface area contributed by atoms with Crippen LogP contribution in [0.3, 0.4) is 0 Å². The third-order valence-corrected chi connectivity index (χ3v) is 8.15. The molecule has 0 aromatic rings. The van der Waals surface area contributed by atoms with E-state index in [0.29, 0.717) is 0 Å². The highest BCUT2D eigenvalue weighted by atomic mass is 16.5. The van der Waals surface area contributed by atoms with E-state index in [2.05, 4.69) is 17.2 Å². The van der Waals surface area contributed by atoms with Gasteiger partial charge >= 0.3 is 0 Å². The van der Waals surface area contributed by atoms with E-state index in [1.54, 1.807) is 11.0 Å². The van der Waals surface area contributed by atoms with Gasteiger partial charge in [0.1, 0.15) is 11.6 Å². The summed E-state index contributed by atoms with van der Waals surface area (Å²) in [4.78, 5) is 42.0. The average Bonchev–Trinajstić information content (AvgIpc) is 3.43. The number of hydrogen-bond acceptors (Lipinski definition) is 4. The van der Waals surface area contributed by atoms with Crippen LogP contribution in [-0.2, 0) is 19.1 Å².